The molecule has 1 unspecified atom stereocenters. The predicted octanol–water partition coefficient (Wildman–Crippen LogP) is 0.767. The van der Waals surface area contributed by atoms with E-state index in [0.29, 0.717) is 11.6 Å². The van der Waals surface area contributed by atoms with Gasteiger partial charge < -0.3 is 9.84 Å². The average molecular weight is 250 g/mol. The molecule has 2 aromatic rings. The van der Waals surface area contributed by atoms with Gasteiger partial charge in [0.1, 0.15) is 5.76 Å². The Balaban J connectivity index is 2.07. The molecule has 8 nitrogen and oxygen atoms in total. The quantitative estimate of drug-likeness (QED) is 0.811. The van der Waals surface area contributed by atoms with Crippen molar-refractivity contribution in [3.05, 3.63) is 23.3 Å². The Hall–Kier alpha value is -2.25. The third-order valence-corrected chi connectivity index (χ3v) is 2.42. The lowest BCUT2D eigenvalue weighted by Crippen LogP contribution is -2.29. The van der Waals surface area contributed by atoms with E-state index in [9.17, 15) is 4.79 Å². The van der Waals surface area contributed by atoms with Crippen LogP contribution in [0.2, 0.25) is 0 Å². The Labute approximate surface area is 103 Å². The smallest absolute Gasteiger partial charge is 0.274 e. The monoisotopic (exact) mass is 250 g/mol. The minimum atomic E-state index is -0.310. The van der Waals surface area contributed by atoms with Crippen LogP contribution in [0, 0.1) is 6.92 Å². The molecular weight excluding hydrogens is 236 g/mol. The zero-order valence-corrected chi connectivity index (χ0v) is 10.2. The van der Waals surface area contributed by atoms with Gasteiger partial charge in [0.25, 0.3) is 5.91 Å². The van der Waals surface area contributed by atoms with Crippen molar-refractivity contribution >= 4 is 5.91 Å². The molecule has 1 amide bonds. The van der Waals surface area contributed by atoms with Crippen molar-refractivity contribution in [1.82, 2.24) is 31.1 Å². The van der Waals surface area contributed by atoms with Gasteiger partial charge in [0, 0.05) is 6.07 Å². The summed E-state index contributed by atoms with van der Waals surface area (Å²) in [6.45, 7) is 3.74. The summed E-state index contributed by atoms with van der Waals surface area (Å²) in [5.74, 6) is 0.743. The van der Waals surface area contributed by atoms with E-state index in [4.69, 9.17) is 4.52 Å². The van der Waals surface area contributed by atoms with Crippen molar-refractivity contribution < 1.29 is 9.32 Å². The number of carbonyl (C=O) groups is 1. The number of carbonyl (C=O) groups excluding carboxylic acids is 1. The summed E-state index contributed by atoms with van der Waals surface area (Å²) in [6, 6.07) is 1.30. The van der Waals surface area contributed by atoms with Crippen LogP contribution in [-0.4, -0.2) is 31.7 Å². The highest BCUT2D eigenvalue weighted by atomic mass is 16.5. The van der Waals surface area contributed by atoms with Gasteiger partial charge in [-0.15, -0.1) is 10.2 Å². The van der Waals surface area contributed by atoms with Crippen LogP contribution in [0.3, 0.4) is 0 Å². The molecule has 18 heavy (non-hydrogen) atoms. The number of amides is 1. The number of H-pyrrole nitrogens is 1. The molecule has 0 spiro atoms. The highest BCUT2D eigenvalue weighted by Crippen LogP contribution is 2.14. The first-order valence-electron chi connectivity index (χ1n) is 5.68. The lowest BCUT2D eigenvalue weighted by Gasteiger charge is -2.12. The molecule has 0 aromatic carbocycles. The van der Waals surface area contributed by atoms with E-state index < -0.39 is 0 Å². The normalized spacial score (nSPS) is 12.3. The number of aryl methyl sites for hydroxylation is 1. The van der Waals surface area contributed by atoms with Gasteiger partial charge in [-0.05, 0) is 13.3 Å². The average Bonchev–Trinajstić information content (AvgIpc) is 2.98. The van der Waals surface area contributed by atoms with Crippen LogP contribution in [0.5, 0.6) is 0 Å². The minimum Gasteiger partial charge on any atom is -0.361 e. The number of aromatic amines is 1. The van der Waals surface area contributed by atoms with Crippen LogP contribution in [0.1, 0.15) is 47.9 Å². The molecule has 2 N–H and O–H groups in total. The third-order valence-electron chi connectivity index (χ3n) is 2.42. The van der Waals surface area contributed by atoms with Crippen LogP contribution < -0.4 is 5.32 Å². The van der Waals surface area contributed by atoms with Gasteiger partial charge in [0.2, 0.25) is 0 Å². The van der Waals surface area contributed by atoms with E-state index in [-0.39, 0.29) is 17.6 Å². The maximum absolute atomic E-state index is 11.9. The molecule has 8 heteroatoms. The second kappa shape index (κ2) is 5.39. The summed E-state index contributed by atoms with van der Waals surface area (Å²) >= 11 is 0. The van der Waals surface area contributed by atoms with Crippen LogP contribution in [0.25, 0.3) is 0 Å². The van der Waals surface area contributed by atoms with Crippen LogP contribution in [0.4, 0.5) is 0 Å². The molecule has 0 aliphatic heterocycles. The van der Waals surface area contributed by atoms with E-state index >= 15 is 0 Å². The van der Waals surface area contributed by atoms with Gasteiger partial charge in [0.05, 0.1) is 6.04 Å². The van der Waals surface area contributed by atoms with Crippen LogP contribution in [0.15, 0.2) is 10.6 Å². The Bertz CT molecular complexity index is 506. The second-order valence-electron chi connectivity index (χ2n) is 3.91. The standard InChI is InChI=1S/C10H14N6O2/c1-3-4-7(9-12-15-16-13-9)11-10(17)8-5-6(2)18-14-8/h5,7H,3-4H2,1-2H3,(H,11,17)(H,12,13,15,16). The summed E-state index contributed by atoms with van der Waals surface area (Å²) in [6.07, 6.45) is 1.61. The van der Waals surface area contributed by atoms with E-state index in [2.05, 4.69) is 31.1 Å². The molecule has 2 rings (SSSR count). The van der Waals surface area contributed by atoms with Crippen LogP contribution in [-0.2, 0) is 0 Å². The minimum absolute atomic E-state index is 0.247. The number of nitrogens with one attached hydrogen (secondary N) is 2. The molecule has 2 heterocycles. The second-order valence-corrected chi connectivity index (χ2v) is 3.91. The van der Waals surface area contributed by atoms with Crippen LogP contribution >= 0.6 is 0 Å². The SMILES string of the molecule is CCCC(NC(=O)c1cc(C)on1)c1nn[nH]n1. The molecule has 0 saturated carbocycles. The first-order valence-corrected chi connectivity index (χ1v) is 5.68. The number of hydrogen-bond acceptors (Lipinski definition) is 6. The summed E-state index contributed by atoms with van der Waals surface area (Å²) in [4.78, 5) is 11.9. The lowest BCUT2D eigenvalue weighted by molar-refractivity contribution is 0.0923. The van der Waals surface area contributed by atoms with Gasteiger partial charge in [-0.3, -0.25) is 4.79 Å². The Morgan fingerprint density at radius 1 is 1.61 bits per heavy atom. The van der Waals surface area contributed by atoms with Gasteiger partial charge in [-0.25, -0.2) is 0 Å². The van der Waals surface area contributed by atoms with Crippen molar-refractivity contribution in [2.75, 3.05) is 0 Å². The molecule has 0 fully saturated rings. The predicted molar refractivity (Wildman–Crippen MR) is 60.5 cm³/mol. The topological polar surface area (TPSA) is 110 Å². The molecular formula is C10H14N6O2. The zero-order chi connectivity index (χ0) is 13.0. The first-order chi connectivity index (χ1) is 8.70. The Kier molecular flexibility index (Phi) is 3.66. The fourth-order valence-corrected chi connectivity index (χ4v) is 1.58. The molecule has 0 aliphatic carbocycles. The van der Waals surface area contributed by atoms with Crippen molar-refractivity contribution in [3.8, 4) is 0 Å². The number of tetrazole rings is 1. The summed E-state index contributed by atoms with van der Waals surface area (Å²) in [5, 5.41) is 20.1. The summed E-state index contributed by atoms with van der Waals surface area (Å²) < 4.78 is 4.86. The Morgan fingerprint density at radius 2 is 2.44 bits per heavy atom. The largest absolute Gasteiger partial charge is 0.361 e. The molecule has 0 radical (unpaired) electrons. The van der Waals surface area contributed by atoms with E-state index in [0.717, 1.165) is 12.8 Å². The molecule has 0 bridgehead atoms. The molecule has 1 atom stereocenters. The van der Waals surface area contributed by atoms with Gasteiger partial charge in [-0.1, -0.05) is 23.7 Å². The molecule has 0 saturated heterocycles. The maximum Gasteiger partial charge on any atom is 0.274 e. The number of hydrogen-bond donors (Lipinski definition) is 2. The molecule has 0 aliphatic rings. The highest BCUT2D eigenvalue weighted by molar-refractivity contribution is 5.92. The lowest BCUT2D eigenvalue weighted by atomic mass is 10.1. The third kappa shape index (κ3) is 2.70. The zero-order valence-electron chi connectivity index (χ0n) is 10.2. The van der Waals surface area contributed by atoms with Crippen molar-refractivity contribution in [3.63, 3.8) is 0 Å². The van der Waals surface area contributed by atoms with E-state index in [1.807, 2.05) is 6.92 Å². The van der Waals surface area contributed by atoms with Gasteiger partial charge in [-0.2, -0.15) is 5.21 Å². The van der Waals surface area contributed by atoms with Crippen molar-refractivity contribution in [1.29, 1.82) is 0 Å². The van der Waals surface area contributed by atoms with Gasteiger partial charge >= 0.3 is 0 Å². The van der Waals surface area contributed by atoms with Crippen molar-refractivity contribution in [2.24, 2.45) is 0 Å². The number of rotatable bonds is 5. The van der Waals surface area contributed by atoms with Gasteiger partial charge in [0.15, 0.2) is 11.5 Å². The fraction of sp³-hybridized carbons (Fsp3) is 0.500. The Morgan fingerprint density at radius 3 is 3.00 bits per heavy atom. The number of nitrogens with zero attached hydrogens (tertiary/aromatic N) is 4. The first kappa shape index (κ1) is 12.2. The van der Waals surface area contributed by atoms with Crippen molar-refractivity contribution in [2.45, 2.75) is 32.7 Å². The number of aromatic nitrogens is 5. The van der Waals surface area contributed by atoms with E-state index in [1.54, 1.807) is 13.0 Å². The maximum atomic E-state index is 11.9. The van der Waals surface area contributed by atoms with E-state index in [1.165, 1.54) is 0 Å². The molecule has 2 aromatic heterocycles. The molecule has 96 valence electrons. The highest BCUT2D eigenvalue weighted by Gasteiger charge is 2.20. The summed E-state index contributed by atoms with van der Waals surface area (Å²) in [7, 11) is 0. The fourth-order valence-electron chi connectivity index (χ4n) is 1.58. The summed E-state index contributed by atoms with van der Waals surface area (Å²) in [5.41, 5.74) is 0.247.